The molecule has 1 aliphatic rings. The van der Waals surface area contributed by atoms with Crippen LogP contribution in [0, 0.1) is 5.92 Å². The van der Waals surface area contributed by atoms with Gasteiger partial charge < -0.3 is 5.11 Å². The van der Waals surface area contributed by atoms with E-state index in [-0.39, 0.29) is 19.6 Å². The molecule has 0 amide bonds. The van der Waals surface area contributed by atoms with Crippen molar-refractivity contribution in [2.75, 3.05) is 13.1 Å². The maximum absolute atomic E-state index is 12.0. The van der Waals surface area contributed by atoms with Gasteiger partial charge in [0.2, 0.25) is 0 Å². The summed E-state index contributed by atoms with van der Waals surface area (Å²) >= 11 is 1.49. The molecule has 0 atom stereocenters. The van der Waals surface area contributed by atoms with Gasteiger partial charge in [0.25, 0.3) is 10.2 Å². The van der Waals surface area contributed by atoms with Crippen LogP contribution >= 0.6 is 11.3 Å². The lowest BCUT2D eigenvalue weighted by Gasteiger charge is -2.29. The fraction of sp³-hybridized carbons (Fsp3) is 0.545. The Hall–Kier alpha value is -0.960. The van der Waals surface area contributed by atoms with E-state index in [1.165, 1.54) is 15.6 Å². The quantitative estimate of drug-likeness (QED) is 0.845. The monoisotopic (exact) mass is 304 g/mol. The molecule has 1 aliphatic heterocycles. The summed E-state index contributed by atoms with van der Waals surface area (Å²) in [5, 5.41) is 10.8. The first-order chi connectivity index (χ1) is 8.99. The molecular weight excluding hydrogens is 288 g/mol. The Morgan fingerprint density at radius 2 is 2.16 bits per heavy atom. The highest BCUT2D eigenvalue weighted by molar-refractivity contribution is 7.87. The Bertz CT molecular complexity index is 519. The van der Waals surface area contributed by atoms with E-state index in [2.05, 4.69) is 4.72 Å². The lowest BCUT2D eigenvalue weighted by Crippen LogP contribution is -2.45. The maximum atomic E-state index is 12.0. The predicted molar refractivity (Wildman–Crippen MR) is 72.0 cm³/mol. The Morgan fingerprint density at radius 1 is 1.47 bits per heavy atom. The molecule has 2 rings (SSSR count). The molecule has 1 fully saturated rings. The highest BCUT2D eigenvalue weighted by Gasteiger charge is 2.30. The molecule has 0 saturated carbocycles. The van der Waals surface area contributed by atoms with Gasteiger partial charge in [0.15, 0.2) is 0 Å². The molecule has 2 N–H and O–H groups in total. The van der Waals surface area contributed by atoms with Gasteiger partial charge in [-0.2, -0.15) is 17.4 Å². The Balaban J connectivity index is 1.88. The standard InChI is InChI=1S/C11H16N2O4S2/c14-11(15)9-3-5-13(6-4-9)19(16,17)12-8-10-2-1-7-18-10/h1-2,7,9,12H,3-6,8H2,(H,14,15). The molecule has 0 aliphatic carbocycles. The lowest BCUT2D eigenvalue weighted by molar-refractivity contribution is -0.142. The van der Waals surface area contributed by atoms with E-state index < -0.39 is 22.1 Å². The summed E-state index contributed by atoms with van der Waals surface area (Å²) in [5.41, 5.74) is 0. The predicted octanol–water partition coefficient (Wildman–Crippen LogP) is 0.879. The summed E-state index contributed by atoms with van der Waals surface area (Å²) in [6, 6.07) is 3.73. The van der Waals surface area contributed by atoms with E-state index in [0.717, 1.165) is 4.88 Å². The van der Waals surface area contributed by atoms with Crippen molar-refractivity contribution in [2.24, 2.45) is 5.92 Å². The molecular formula is C11H16N2O4S2. The number of aliphatic carboxylic acids is 1. The Kier molecular flexibility index (Phi) is 4.56. The second-order valence-electron chi connectivity index (χ2n) is 4.42. The summed E-state index contributed by atoms with van der Waals surface area (Å²) in [6.07, 6.45) is 0.741. The lowest BCUT2D eigenvalue weighted by atomic mass is 9.99. The van der Waals surface area contributed by atoms with Gasteiger partial charge in [-0.3, -0.25) is 4.79 Å². The van der Waals surface area contributed by atoms with Gasteiger partial charge in [-0.05, 0) is 24.3 Å². The number of carboxylic acids is 1. The largest absolute Gasteiger partial charge is 0.481 e. The van der Waals surface area contributed by atoms with E-state index in [0.29, 0.717) is 12.8 Å². The van der Waals surface area contributed by atoms with Crippen LogP contribution < -0.4 is 4.72 Å². The van der Waals surface area contributed by atoms with Crippen molar-refractivity contribution >= 4 is 27.5 Å². The Labute approximate surface area is 116 Å². The van der Waals surface area contributed by atoms with Crippen molar-refractivity contribution in [3.05, 3.63) is 22.4 Å². The molecule has 0 spiro atoms. The normalized spacial score (nSPS) is 18.5. The number of nitrogens with one attached hydrogen (secondary N) is 1. The number of piperidine rings is 1. The number of carboxylic acid groups (broad SMARTS) is 1. The van der Waals surface area contributed by atoms with Crippen molar-refractivity contribution in [3.8, 4) is 0 Å². The first-order valence-corrected chi connectivity index (χ1v) is 8.31. The SMILES string of the molecule is O=C(O)C1CCN(S(=O)(=O)NCc2cccs2)CC1. The summed E-state index contributed by atoms with van der Waals surface area (Å²) in [6.45, 7) is 0.798. The number of hydrogen-bond donors (Lipinski definition) is 2. The molecule has 0 bridgehead atoms. The van der Waals surface area contributed by atoms with Crippen LogP contribution in [0.15, 0.2) is 17.5 Å². The average molecular weight is 304 g/mol. The van der Waals surface area contributed by atoms with Crippen LogP contribution in [0.2, 0.25) is 0 Å². The van der Waals surface area contributed by atoms with Gasteiger partial charge in [-0.1, -0.05) is 6.07 Å². The van der Waals surface area contributed by atoms with E-state index in [1.807, 2.05) is 17.5 Å². The van der Waals surface area contributed by atoms with E-state index in [9.17, 15) is 13.2 Å². The fourth-order valence-electron chi connectivity index (χ4n) is 2.01. The maximum Gasteiger partial charge on any atom is 0.306 e. The molecule has 1 saturated heterocycles. The molecule has 1 aromatic rings. The second kappa shape index (κ2) is 6.00. The average Bonchev–Trinajstić information content (AvgIpc) is 2.90. The zero-order valence-corrected chi connectivity index (χ0v) is 11.9. The van der Waals surface area contributed by atoms with Crippen molar-refractivity contribution in [2.45, 2.75) is 19.4 Å². The third-order valence-corrected chi connectivity index (χ3v) is 5.58. The molecule has 0 aromatic carbocycles. The molecule has 2 heterocycles. The topological polar surface area (TPSA) is 86.7 Å². The third-order valence-electron chi connectivity index (χ3n) is 3.15. The minimum atomic E-state index is -3.51. The number of nitrogens with zero attached hydrogens (tertiary/aromatic N) is 1. The van der Waals surface area contributed by atoms with Crippen LogP contribution in [0.3, 0.4) is 0 Å². The van der Waals surface area contributed by atoms with Gasteiger partial charge in [0.05, 0.1) is 5.92 Å². The highest BCUT2D eigenvalue weighted by Crippen LogP contribution is 2.19. The van der Waals surface area contributed by atoms with Crippen LogP contribution in [0.25, 0.3) is 0 Å². The zero-order chi connectivity index (χ0) is 13.9. The summed E-state index contributed by atoms with van der Waals surface area (Å²) in [7, 11) is -3.51. The van der Waals surface area contributed by atoms with Gasteiger partial charge in [-0.25, -0.2) is 0 Å². The summed E-state index contributed by atoms with van der Waals surface area (Å²) in [4.78, 5) is 11.8. The van der Waals surface area contributed by atoms with Gasteiger partial charge in [0.1, 0.15) is 0 Å². The van der Waals surface area contributed by atoms with Gasteiger partial charge >= 0.3 is 5.97 Å². The number of rotatable bonds is 5. The number of carbonyl (C=O) groups is 1. The third kappa shape index (κ3) is 3.75. The molecule has 0 radical (unpaired) electrons. The molecule has 19 heavy (non-hydrogen) atoms. The van der Waals surface area contributed by atoms with Crippen LogP contribution in [0.1, 0.15) is 17.7 Å². The molecule has 6 nitrogen and oxygen atoms in total. The van der Waals surface area contributed by atoms with Gasteiger partial charge in [-0.15, -0.1) is 11.3 Å². The number of thiophene rings is 1. The van der Waals surface area contributed by atoms with Crippen LogP contribution in [-0.4, -0.2) is 36.9 Å². The zero-order valence-electron chi connectivity index (χ0n) is 10.3. The van der Waals surface area contributed by atoms with Crippen molar-refractivity contribution < 1.29 is 18.3 Å². The van der Waals surface area contributed by atoms with Crippen molar-refractivity contribution in [1.82, 2.24) is 9.03 Å². The minimum Gasteiger partial charge on any atom is -0.481 e. The van der Waals surface area contributed by atoms with Gasteiger partial charge in [0, 0.05) is 24.5 Å². The van der Waals surface area contributed by atoms with E-state index in [1.54, 1.807) is 0 Å². The number of hydrogen-bond acceptors (Lipinski definition) is 4. The summed E-state index contributed by atoms with van der Waals surface area (Å²) in [5.74, 6) is -1.27. The molecule has 8 heteroatoms. The second-order valence-corrected chi connectivity index (χ2v) is 7.20. The van der Waals surface area contributed by atoms with E-state index in [4.69, 9.17) is 5.11 Å². The van der Waals surface area contributed by atoms with Crippen LogP contribution in [0.5, 0.6) is 0 Å². The first kappa shape index (κ1) is 14.4. The summed E-state index contributed by atoms with van der Waals surface area (Å²) < 4.78 is 27.9. The minimum absolute atomic E-state index is 0.261. The van der Waals surface area contributed by atoms with Crippen LogP contribution in [0.4, 0.5) is 0 Å². The highest BCUT2D eigenvalue weighted by atomic mass is 32.2. The van der Waals surface area contributed by atoms with Crippen LogP contribution in [-0.2, 0) is 21.5 Å². The Morgan fingerprint density at radius 3 is 2.68 bits per heavy atom. The fourth-order valence-corrected chi connectivity index (χ4v) is 3.96. The van der Waals surface area contributed by atoms with Crippen molar-refractivity contribution in [1.29, 1.82) is 0 Å². The molecule has 106 valence electrons. The van der Waals surface area contributed by atoms with Crippen molar-refractivity contribution in [3.63, 3.8) is 0 Å². The molecule has 1 aromatic heterocycles. The first-order valence-electron chi connectivity index (χ1n) is 5.99. The smallest absolute Gasteiger partial charge is 0.306 e. The van der Waals surface area contributed by atoms with E-state index >= 15 is 0 Å². The molecule has 0 unspecified atom stereocenters.